The van der Waals surface area contributed by atoms with E-state index in [-0.39, 0.29) is 22.9 Å². The molecule has 7 heteroatoms. The molecule has 0 fully saturated rings. The van der Waals surface area contributed by atoms with Crippen molar-refractivity contribution in [1.29, 1.82) is 0 Å². The second kappa shape index (κ2) is 6.51. The van der Waals surface area contributed by atoms with Crippen molar-refractivity contribution in [2.75, 3.05) is 6.61 Å². The number of rotatable bonds is 5. The Hall–Kier alpha value is -1.89. The number of benzene rings is 1. The van der Waals surface area contributed by atoms with E-state index in [1.54, 1.807) is 26.0 Å². The largest absolute Gasteiger partial charge is 0.465 e. The van der Waals surface area contributed by atoms with Crippen LogP contribution >= 0.6 is 11.8 Å². The van der Waals surface area contributed by atoms with E-state index < -0.39 is 5.25 Å². The number of halogens is 1. The zero-order valence-corrected chi connectivity index (χ0v) is 11.8. The van der Waals surface area contributed by atoms with Gasteiger partial charge in [-0.2, -0.15) is 0 Å². The van der Waals surface area contributed by atoms with E-state index in [4.69, 9.17) is 9.15 Å². The molecule has 0 aliphatic heterocycles. The molecule has 2 aromatic rings. The standard InChI is InChI=1S/C13H13FN2O3S/c1-3-18-12(17)8(2)20-13-16-15-11(19-13)9-4-6-10(14)7-5-9/h4-8H,3H2,1-2H3/t8-/m1/s1. The molecular formula is C13H13FN2O3S. The van der Waals surface area contributed by atoms with E-state index in [9.17, 15) is 9.18 Å². The number of nitrogens with zero attached hydrogens (tertiary/aromatic N) is 2. The number of hydrogen-bond donors (Lipinski definition) is 0. The highest BCUT2D eigenvalue weighted by Crippen LogP contribution is 2.26. The molecule has 0 amide bonds. The van der Waals surface area contributed by atoms with Crippen LogP contribution in [0.5, 0.6) is 0 Å². The van der Waals surface area contributed by atoms with Crippen LogP contribution in [0, 0.1) is 5.82 Å². The van der Waals surface area contributed by atoms with Gasteiger partial charge in [-0.25, -0.2) is 4.39 Å². The lowest BCUT2D eigenvalue weighted by Gasteiger charge is -2.06. The highest BCUT2D eigenvalue weighted by molar-refractivity contribution is 8.00. The van der Waals surface area contributed by atoms with Crippen LogP contribution in [0.1, 0.15) is 13.8 Å². The van der Waals surface area contributed by atoms with Crippen LogP contribution in [-0.2, 0) is 9.53 Å². The fourth-order valence-electron chi connectivity index (χ4n) is 1.43. The number of hydrogen-bond acceptors (Lipinski definition) is 6. The van der Waals surface area contributed by atoms with Crippen molar-refractivity contribution < 1.29 is 18.3 Å². The maximum absolute atomic E-state index is 12.8. The van der Waals surface area contributed by atoms with Gasteiger partial charge in [0.15, 0.2) is 0 Å². The van der Waals surface area contributed by atoms with Gasteiger partial charge < -0.3 is 9.15 Å². The minimum Gasteiger partial charge on any atom is -0.465 e. The normalized spacial score (nSPS) is 12.2. The van der Waals surface area contributed by atoms with Gasteiger partial charge in [-0.15, -0.1) is 10.2 Å². The Morgan fingerprint density at radius 1 is 1.40 bits per heavy atom. The van der Waals surface area contributed by atoms with Gasteiger partial charge >= 0.3 is 5.97 Å². The molecule has 1 aromatic heterocycles. The molecule has 2 rings (SSSR count). The predicted molar refractivity (Wildman–Crippen MR) is 71.6 cm³/mol. The summed E-state index contributed by atoms with van der Waals surface area (Å²) in [4.78, 5) is 11.5. The van der Waals surface area contributed by atoms with Crippen LogP contribution in [0.3, 0.4) is 0 Å². The Kier molecular flexibility index (Phi) is 4.73. The van der Waals surface area contributed by atoms with Crippen LogP contribution in [-0.4, -0.2) is 28.0 Å². The summed E-state index contributed by atoms with van der Waals surface area (Å²) < 4.78 is 23.1. The summed E-state index contributed by atoms with van der Waals surface area (Å²) in [6.07, 6.45) is 0. The summed E-state index contributed by atoms with van der Waals surface area (Å²) in [7, 11) is 0. The zero-order chi connectivity index (χ0) is 14.5. The summed E-state index contributed by atoms with van der Waals surface area (Å²) in [5, 5.41) is 7.54. The summed E-state index contributed by atoms with van der Waals surface area (Å²) in [6, 6.07) is 5.72. The van der Waals surface area contributed by atoms with Crippen molar-refractivity contribution in [2.45, 2.75) is 24.3 Å². The van der Waals surface area contributed by atoms with Crippen LogP contribution in [0.25, 0.3) is 11.5 Å². The van der Waals surface area contributed by atoms with Crippen molar-refractivity contribution in [3.63, 3.8) is 0 Å². The average molecular weight is 296 g/mol. The Morgan fingerprint density at radius 2 is 2.10 bits per heavy atom. The number of aromatic nitrogens is 2. The molecule has 20 heavy (non-hydrogen) atoms. The lowest BCUT2D eigenvalue weighted by atomic mass is 10.2. The molecule has 0 saturated carbocycles. The SMILES string of the molecule is CCOC(=O)[C@@H](C)Sc1nnc(-c2ccc(F)cc2)o1. The molecule has 1 atom stereocenters. The van der Waals surface area contributed by atoms with Crippen molar-refractivity contribution in [3.05, 3.63) is 30.1 Å². The summed E-state index contributed by atoms with van der Waals surface area (Å²) in [5.74, 6) is -0.388. The molecule has 0 saturated heterocycles. The van der Waals surface area contributed by atoms with Gasteiger partial charge in [-0.1, -0.05) is 11.8 Å². The Morgan fingerprint density at radius 3 is 2.75 bits per heavy atom. The summed E-state index contributed by atoms with van der Waals surface area (Å²) in [5.41, 5.74) is 0.620. The number of ether oxygens (including phenoxy) is 1. The zero-order valence-electron chi connectivity index (χ0n) is 11.0. The topological polar surface area (TPSA) is 65.2 Å². The summed E-state index contributed by atoms with van der Waals surface area (Å²) >= 11 is 1.12. The van der Waals surface area contributed by atoms with Gasteiger partial charge in [0.05, 0.1) is 6.61 Å². The van der Waals surface area contributed by atoms with Crippen LogP contribution in [0.2, 0.25) is 0 Å². The molecule has 0 unspecified atom stereocenters. The molecule has 0 bridgehead atoms. The first-order valence-electron chi connectivity index (χ1n) is 6.03. The Bertz CT molecular complexity index is 586. The second-order valence-electron chi connectivity index (χ2n) is 3.89. The highest BCUT2D eigenvalue weighted by Gasteiger charge is 2.19. The Labute approximate surface area is 119 Å². The predicted octanol–water partition coefficient (Wildman–Crippen LogP) is 2.92. The molecule has 1 aromatic carbocycles. The van der Waals surface area contributed by atoms with Crippen LogP contribution < -0.4 is 0 Å². The number of esters is 1. The van der Waals surface area contributed by atoms with Gasteiger partial charge in [0.25, 0.3) is 5.22 Å². The van der Waals surface area contributed by atoms with E-state index in [0.717, 1.165) is 11.8 Å². The minimum atomic E-state index is -0.434. The number of carbonyl (C=O) groups excluding carboxylic acids is 1. The van der Waals surface area contributed by atoms with Gasteiger partial charge in [-0.3, -0.25) is 4.79 Å². The molecule has 0 radical (unpaired) electrons. The first-order valence-corrected chi connectivity index (χ1v) is 6.91. The second-order valence-corrected chi connectivity index (χ2v) is 5.18. The number of thioether (sulfide) groups is 1. The fraction of sp³-hybridized carbons (Fsp3) is 0.308. The monoisotopic (exact) mass is 296 g/mol. The molecule has 0 aliphatic rings. The molecule has 106 valence electrons. The lowest BCUT2D eigenvalue weighted by molar-refractivity contribution is -0.142. The van der Waals surface area contributed by atoms with Gasteiger partial charge in [0, 0.05) is 5.56 Å². The van der Waals surface area contributed by atoms with Gasteiger partial charge in [0.1, 0.15) is 11.1 Å². The average Bonchev–Trinajstić information content (AvgIpc) is 2.88. The van der Waals surface area contributed by atoms with Crippen molar-refractivity contribution in [2.24, 2.45) is 0 Å². The number of carbonyl (C=O) groups is 1. The van der Waals surface area contributed by atoms with Crippen LogP contribution in [0.4, 0.5) is 4.39 Å². The molecule has 0 aliphatic carbocycles. The van der Waals surface area contributed by atoms with E-state index in [0.29, 0.717) is 12.2 Å². The molecule has 0 N–H and O–H groups in total. The van der Waals surface area contributed by atoms with E-state index in [2.05, 4.69) is 10.2 Å². The van der Waals surface area contributed by atoms with E-state index in [1.165, 1.54) is 12.1 Å². The quantitative estimate of drug-likeness (QED) is 0.624. The molecule has 0 spiro atoms. The highest BCUT2D eigenvalue weighted by atomic mass is 32.2. The van der Waals surface area contributed by atoms with Crippen molar-refractivity contribution in [1.82, 2.24) is 10.2 Å². The maximum atomic E-state index is 12.8. The van der Waals surface area contributed by atoms with Gasteiger partial charge in [0.2, 0.25) is 5.89 Å². The molecular weight excluding hydrogens is 283 g/mol. The van der Waals surface area contributed by atoms with Crippen molar-refractivity contribution in [3.8, 4) is 11.5 Å². The Balaban J connectivity index is 2.05. The minimum absolute atomic E-state index is 0.268. The first-order chi connectivity index (χ1) is 9.60. The van der Waals surface area contributed by atoms with Gasteiger partial charge in [-0.05, 0) is 38.1 Å². The smallest absolute Gasteiger partial charge is 0.319 e. The third kappa shape index (κ3) is 3.57. The fourth-order valence-corrected chi connectivity index (χ4v) is 2.11. The van der Waals surface area contributed by atoms with E-state index in [1.807, 2.05) is 0 Å². The van der Waals surface area contributed by atoms with E-state index >= 15 is 0 Å². The molecule has 1 heterocycles. The lowest BCUT2D eigenvalue weighted by Crippen LogP contribution is -2.16. The van der Waals surface area contributed by atoms with Crippen molar-refractivity contribution >= 4 is 17.7 Å². The van der Waals surface area contributed by atoms with Crippen LogP contribution in [0.15, 0.2) is 33.9 Å². The summed E-state index contributed by atoms with van der Waals surface area (Å²) in [6.45, 7) is 3.77. The first kappa shape index (κ1) is 14.5. The third-order valence-corrected chi connectivity index (χ3v) is 3.31. The third-order valence-electron chi connectivity index (χ3n) is 2.39. The molecule has 5 nitrogen and oxygen atoms in total. The maximum Gasteiger partial charge on any atom is 0.319 e.